The number of hydrogen-bond donors (Lipinski definition) is 0. The molecule has 0 saturated carbocycles. The minimum atomic E-state index is 0.0712. The zero-order valence-corrected chi connectivity index (χ0v) is 9.14. The van der Waals surface area contributed by atoms with Gasteiger partial charge in [-0.15, -0.1) is 0 Å². The molecule has 0 spiro atoms. The Labute approximate surface area is 89.3 Å². The number of carbonyl (C=O) groups excluding carboxylic acids is 1. The van der Waals surface area contributed by atoms with Gasteiger partial charge in [-0.25, -0.2) is 4.98 Å². The first kappa shape index (κ1) is 10.2. The van der Waals surface area contributed by atoms with E-state index in [0.29, 0.717) is 6.01 Å². The van der Waals surface area contributed by atoms with Crippen LogP contribution in [-0.2, 0) is 4.79 Å². The fourth-order valence-electron chi connectivity index (χ4n) is 2.04. The van der Waals surface area contributed by atoms with Gasteiger partial charge in [-0.05, 0) is 19.8 Å². The Morgan fingerprint density at radius 2 is 2.27 bits per heavy atom. The van der Waals surface area contributed by atoms with Crippen molar-refractivity contribution >= 4 is 11.9 Å². The first-order valence-electron chi connectivity index (χ1n) is 5.42. The molecule has 0 aromatic carbocycles. The lowest BCUT2D eigenvalue weighted by atomic mass is 10.1. The summed E-state index contributed by atoms with van der Waals surface area (Å²) < 4.78 is 5.21. The molecule has 2 heterocycles. The summed E-state index contributed by atoms with van der Waals surface area (Å²) in [6, 6.07) is 0.613. The summed E-state index contributed by atoms with van der Waals surface area (Å²) in [6.07, 6.45) is 6.14. The van der Waals surface area contributed by atoms with Crippen LogP contribution >= 0.6 is 0 Å². The zero-order chi connectivity index (χ0) is 10.8. The van der Waals surface area contributed by atoms with E-state index < -0.39 is 0 Å². The van der Waals surface area contributed by atoms with Crippen molar-refractivity contribution in [3.63, 3.8) is 0 Å². The average molecular weight is 208 g/mol. The van der Waals surface area contributed by atoms with Crippen LogP contribution in [0.25, 0.3) is 0 Å². The number of carbonyl (C=O) groups is 1. The number of nitrogens with zero attached hydrogens (tertiary/aromatic N) is 2. The van der Waals surface area contributed by atoms with Crippen LogP contribution in [0.1, 0.15) is 33.1 Å². The summed E-state index contributed by atoms with van der Waals surface area (Å²) in [5, 5.41) is 0. The molecule has 4 heteroatoms. The van der Waals surface area contributed by atoms with Crippen molar-refractivity contribution in [1.29, 1.82) is 0 Å². The highest BCUT2D eigenvalue weighted by molar-refractivity contribution is 5.93. The topological polar surface area (TPSA) is 46.3 Å². The Kier molecular flexibility index (Phi) is 2.75. The van der Waals surface area contributed by atoms with Crippen molar-refractivity contribution in [1.82, 2.24) is 4.98 Å². The van der Waals surface area contributed by atoms with E-state index in [1.165, 1.54) is 6.26 Å². The van der Waals surface area contributed by atoms with Crippen molar-refractivity contribution in [3.8, 4) is 0 Å². The third kappa shape index (κ3) is 1.89. The second kappa shape index (κ2) is 4.04. The van der Waals surface area contributed by atoms with Gasteiger partial charge in [0.05, 0.1) is 6.20 Å². The fraction of sp³-hybridized carbons (Fsp3) is 0.636. The van der Waals surface area contributed by atoms with Crippen molar-refractivity contribution in [3.05, 3.63) is 12.5 Å². The number of rotatable bonds is 1. The minimum absolute atomic E-state index is 0.0712. The number of aromatic nitrogens is 1. The minimum Gasteiger partial charge on any atom is -0.432 e. The van der Waals surface area contributed by atoms with E-state index in [4.69, 9.17) is 4.42 Å². The summed E-state index contributed by atoms with van der Waals surface area (Å²) in [5.74, 6) is 0.198. The number of amides is 1. The summed E-state index contributed by atoms with van der Waals surface area (Å²) in [4.78, 5) is 17.8. The molecule has 2 unspecified atom stereocenters. The van der Waals surface area contributed by atoms with Crippen LogP contribution in [0.2, 0.25) is 0 Å². The summed E-state index contributed by atoms with van der Waals surface area (Å²) in [7, 11) is 0. The van der Waals surface area contributed by atoms with E-state index in [1.807, 2.05) is 13.8 Å². The van der Waals surface area contributed by atoms with E-state index >= 15 is 0 Å². The van der Waals surface area contributed by atoms with Crippen LogP contribution in [-0.4, -0.2) is 16.9 Å². The normalized spacial score (nSPS) is 27.9. The van der Waals surface area contributed by atoms with Crippen LogP contribution in [0.4, 0.5) is 6.01 Å². The van der Waals surface area contributed by atoms with Gasteiger partial charge in [0.15, 0.2) is 0 Å². The molecule has 4 nitrogen and oxygen atoms in total. The SMILES string of the molecule is CC1CCCC(C)N(c2ncco2)C1=O. The van der Waals surface area contributed by atoms with Crippen molar-refractivity contribution in [2.45, 2.75) is 39.2 Å². The second-order valence-corrected chi connectivity index (χ2v) is 4.20. The van der Waals surface area contributed by atoms with Gasteiger partial charge in [0.1, 0.15) is 6.26 Å². The smallest absolute Gasteiger partial charge is 0.304 e. The molecule has 1 aliphatic rings. The zero-order valence-electron chi connectivity index (χ0n) is 9.14. The predicted molar refractivity (Wildman–Crippen MR) is 56.5 cm³/mol. The van der Waals surface area contributed by atoms with Gasteiger partial charge in [0.2, 0.25) is 5.91 Å². The number of hydrogen-bond acceptors (Lipinski definition) is 3. The molecule has 1 aliphatic heterocycles. The fourth-order valence-corrected chi connectivity index (χ4v) is 2.04. The molecular weight excluding hydrogens is 192 g/mol. The molecule has 2 atom stereocenters. The van der Waals surface area contributed by atoms with Crippen LogP contribution in [0, 0.1) is 5.92 Å². The molecule has 1 aromatic rings. The van der Waals surface area contributed by atoms with Gasteiger partial charge in [-0.2, -0.15) is 0 Å². The third-order valence-corrected chi connectivity index (χ3v) is 2.98. The van der Waals surface area contributed by atoms with E-state index in [0.717, 1.165) is 19.3 Å². The molecule has 82 valence electrons. The average Bonchev–Trinajstić information content (AvgIpc) is 2.67. The molecule has 0 N–H and O–H groups in total. The quantitative estimate of drug-likeness (QED) is 0.710. The highest BCUT2D eigenvalue weighted by Crippen LogP contribution is 2.26. The molecule has 1 saturated heterocycles. The van der Waals surface area contributed by atoms with Crippen LogP contribution < -0.4 is 4.90 Å². The monoisotopic (exact) mass is 208 g/mol. The molecule has 1 amide bonds. The van der Waals surface area contributed by atoms with Crippen LogP contribution in [0.5, 0.6) is 0 Å². The Morgan fingerprint density at radius 3 is 2.93 bits per heavy atom. The lowest BCUT2D eigenvalue weighted by molar-refractivity contribution is -0.122. The largest absolute Gasteiger partial charge is 0.432 e. The molecule has 0 aliphatic carbocycles. The Morgan fingerprint density at radius 1 is 1.47 bits per heavy atom. The molecular formula is C11H16N2O2. The molecule has 1 fully saturated rings. The summed E-state index contributed by atoms with van der Waals surface area (Å²) in [5.41, 5.74) is 0. The van der Waals surface area contributed by atoms with Gasteiger partial charge in [0, 0.05) is 12.0 Å². The predicted octanol–water partition coefficient (Wildman–Crippen LogP) is 2.22. The van der Waals surface area contributed by atoms with Crippen molar-refractivity contribution < 1.29 is 9.21 Å². The maximum absolute atomic E-state index is 12.1. The van der Waals surface area contributed by atoms with Crippen molar-refractivity contribution in [2.75, 3.05) is 4.90 Å². The number of anilines is 1. The molecule has 1 aromatic heterocycles. The maximum Gasteiger partial charge on any atom is 0.304 e. The highest BCUT2D eigenvalue weighted by atomic mass is 16.4. The number of oxazole rings is 1. The van der Waals surface area contributed by atoms with Gasteiger partial charge >= 0.3 is 6.01 Å². The van der Waals surface area contributed by atoms with Crippen LogP contribution in [0.3, 0.4) is 0 Å². The first-order valence-corrected chi connectivity index (χ1v) is 5.42. The van der Waals surface area contributed by atoms with E-state index in [1.54, 1.807) is 11.1 Å². The lowest BCUT2D eigenvalue weighted by Crippen LogP contribution is -2.40. The molecule has 15 heavy (non-hydrogen) atoms. The van der Waals surface area contributed by atoms with Gasteiger partial charge < -0.3 is 4.42 Å². The highest BCUT2D eigenvalue weighted by Gasteiger charge is 2.31. The second-order valence-electron chi connectivity index (χ2n) is 4.20. The van der Waals surface area contributed by atoms with Gasteiger partial charge in [-0.1, -0.05) is 13.3 Å². The van der Waals surface area contributed by atoms with E-state index in [9.17, 15) is 4.79 Å². The lowest BCUT2D eigenvalue weighted by Gasteiger charge is -2.24. The Balaban J connectivity index is 2.29. The summed E-state index contributed by atoms with van der Waals surface area (Å²) in [6.45, 7) is 4.01. The van der Waals surface area contributed by atoms with E-state index in [2.05, 4.69) is 4.98 Å². The van der Waals surface area contributed by atoms with E-state index in [-0.39, 0.29) is 17.9 Å². The van der Waals surface area contributed by atoms with Gasteiger partial charge in [-0.3, -0.25) is 9.69 Å². The first-order chi connectivity index (χ1) is 7.20. The van der Waals surface area contributed by atoms with Gasteiger partial charge in [0.25, 0.3) is 0 Å². The maximum atomic E-state index is 12.1. The molecule has 0 radical (unpaired) electrons. The van der Waals surface area contributed by atoms with Crippen LogP contribution in [0.15, 0.2) is 16.9 Å². The molecule has 0 bridgehead atoms. The molecule has 2 rings (SSSR count). The summed E-state index contributed by atoms with van der Waals surface area (Å²) >= 11 is 0. The Bertz CT molecular complexity index is 334. The standard InChI is InChI=1S/C11H16N2O2/c1-8-4-3-5-9(2)13(10(8)14)11-12-6-7-15-11/h6-9H,3-5H2,1-2H3. The Hall–Kier alpha value is -1.32. The third-order valence-electron chi connectivity index (χ3n) is 2.98. The van der Waals surface area contributed by atoms with Crippen molar-refractivity contribution in [2.24, 2.45) is 5.92 Å².